The minimum atomic E-state index is -1.41. The quantitative estimate of drug-likeness (QED) is 0.478. The first kappa shape index (κ1) is 23.1. The monoisotopic (exact) mass is 477 g/mol. The van der Waals surface area contributed by atoms with Gasteiger partial charge in [-0.15, -0.1) is 0 Å². The summed E-state index contributed by atoms with van der Waals surface area (Å²) >= 11 is 11.9. The van der Waals surface area contributed by atoms with Crippen LogP contribution in [0.2, 0.25) is 10.0 Å². The van der Waals surface area contributed by atoms with Gasteiger partial charge in [-0.3, -0.25) is 14.9 Å². The lowest BCUT2D eigenvalue weighted by atomic mass is 10.1. The van der Waals surface area contributed by atoms with Gasteiger partial charge in [0.1, 0.15) is 12.2 Å². The van der Waals surface area contributed by atoms with Gasteiger partial charge in [0.05, 0.1) is 28.3 Å². The molecule has 1 saturated heterocycles. The Kier molecular flexibility index (Phi) is 7.01. The Morgan fingerprint density at radius 2 is 1.81 bits per heavy atom. The molecule has 0 spiro atoms. The van der Waals surface area contributed by atoms with Crippen LogP contribution >= 0.6 is 23.2 Å². The van der Waals surface area contributed by atoms with Crippen LogP contribution in [0.5, 0.6) is 11.5 Å². The van der Waals surface area contributed by atoms with E-state index in [0.717, 1.165) is 4.90 Å². The van der Waals surface area contributed by atoms with Crippen molar-refractivity contribution in [3.05, 3.63) is 57.6 Å². The van der Waals surface area contributed by atoms with Gasteiger partial charge in [-0.2, -0.15) is 0 Å². The molecule has 1 aliphatic heterocycles. The van der Waals surface area contributed by atoms with E-state index in [-0.39, 0.29) is 39.4 Å². The highest BCUT2D eigenvalue weighted by molar-refractivity contribution is 6.43. The normalized spacial score (nSPS) is 15.0. The molecule has 0 radical (unpaired) electrons. The zero-order valence-electron chi connectivity index (χ0n) is 16.5. The standard InChI is InChI=1S/C21H16Cl2N2O7/c1-2-31-17-8-11(3-6-16(17)32-10-18(26)27)7-13-19(28)24-21(30)25(20(13)29)12-4-5-14(22)15(23)9-12/h3-9H,2,10H2,1H3,(H,26,27)(H,24,28,30)/p-1/b13-7-. The van der Waals surface area contributed by atoms with E-state index in [2.05, 4.69) is 5.32 Å². The second-order valence-electron chi connectivity index (χ2n) is 6.36. The van der Waals surface area contributed by atoms with Gasteiger partial charge in [0.15, 0.2) is 11.5 Å². The molecule has 1 N–H and O–H groups in total. The van der Waals surface area contributed by atoms with Crippen molar-refractivity contribution in [2.24, 2.45) is 0 Å². The van der Waals surface area contributed by atoms with E-state index >= 15 is 0 Å². The van der Waals surface area contributed by atoms with E-state index in [1.54, 1.807) is 6.92 Å². The number of nitrogens with zero attached hydrogens (tertiary/aromatic N) is 1. The maximum absolute atomic E-state index is 13.0. The second kappa shape index (κ2) is 9.71. The largest absolute Gasteiger partial charge is 0.546 e. The number of nitrogens with one attached hydrogen (secondary N) is 1. The van der Waals surface area contributed by atoms with Crippen molar-refractivity contribution in [3.8, 4) is 11.5 Å². The van der Waals surface area contributed by atoms with Crippen LogP contribution in [0.15, 0.2) is 42.0 Å². The Hall–Kier alpha value is -3.56. The molecule has 2 aromatic carbocycles. The highest BCUT2D eigenvalue weighted by Crippen LogP contribution is 2.31. The van der Waals surface area contributed by atoms with Gasteiger partial charge in [0.2, 0.25) is 0 Å². The van der Waals surface area contributed by atoms with Gasteiger partial charge in [-0.25, -0.2) is 9.69 Å². The lowest BCUT2D eigenvalue weighted by molar-refractivity contribution is -0.307. The highest BCUT2D eigenvalue weighted by Gasteiger charge is 2.37. The summed E-state index contributed by atoms with van der Waals surface area (Å²) in [6.07, 6.45) is 1.26. The minimum Gasteiger partial charge on any atom is -0.546 e. The van der Waals surface area contributed by atoms with Crippen LogP contribution in [0, 0.1) is 0 Å². The summed E-state index contributed by atoms with van der Waals surface area (Å²) in [7, 11) is 0. The van der Waals surface area contributed by atoms with E-state index in [1.165, 1.54) is 42.5 Å². The number of carbonyl (C=O) groups is 4. The third-order valence-electron chi connectivity index (χ3n) is 4.19. The zero-order valence-corrected chi connectivity index (χ0v) is 18.0. The molecule has 166 valence electrons. The molecule has 0 saturated carbocycles. The third kappa shape index (κ3) is 5.01. The molecular weight excluding hydrogens is 463 g/mol. The first-order valence-electron chi connectivity index (χ1n) is 9.17. The fourth-order valence-electron chi connectivity index (χ4n) is 2.82. The molecule has 32 heavy (non-hydrogen) atoms. The molecule has 1 aliphatic rings. The number of anilines is 1. The molecule has 0 aliphatic carbocycles. The highest BCUT2D eigenvalue weighted by atomic mass is 35.5. The maximum atomic E-state index is 13.0. The van der Waals surface area contributed by atoms with Crippen molar-refractivity contribution >= 4 is 58.8 Å². The number of aliphatic carboxylic acids is 1. The van der Waals surface area contributed by atoms with Crippen LogP contribution < -0.4 is 24.8 Å². The van der Waals surface area contributed by atoms with Crippen LogP contribution in [0.1, 0.15) is 12.5 Å². The molecule has 0 unspecified atom stereocenters. The number of halogens is 2. The predicted molar refractivity (Wildman–Crippen MR) is 114 cm³/mol. The minimum absolute atomic E-state index is 0.126. The Labute approximate surface area is 192 Å². The molecule has 2 aromatic rings. The topological polar surface area (TPSA) is 125 Å². The van der Waals surface area contributed by atoms with Gasteiger partial charge in [-0.1, -0.05) is 29.3 Å². The number of amides is 4. The Bertz CT molecular complexity index is 1150. The summed E-state index contributed by atoms with van der Waals surface area (Å²) in [6.45, 7) is 1.29. The van der Waals surface area contributed by atoms with E-state index in [0.29, 0.717) is 5.56 Å². The smallest absolute Gasteiger partial charge is 0.335 e. The summed E-state index contributed by atoms with van der Waals surface area (Å²) in [4.78, 5) is 49.0. The number of carboxylic acids is 1. The molecule has 0 bridgehead atoms. The van der Waals surface area contributed by atoms with Crippen molar-refractivity contribution in [1.82, 2.24) is 5.32 Å². The first-order chi connectivity index (χ1) is 15.2. The number of urea groups is 1. The van der Waals surface area contributed by atoms with Crippen molar-refractivity contribution in [3.63, 3.8) is 0 Å². The fraction of sp³-hybridized carbons (Fsp3) is 0.143. The molecule has 0 aromatic heterocycles. The molecule has 3 rings (SSSR count). The molecule has 1 fully saturated rings. The van der Waals surface area contributed by atoms with Gasteiger partial charge in [-0.05, 0) is 48.9 Å². The second-order valence-corrected chi connectivity index (χ2v) is 7.17. The summed E-state index contributed by atoms with van der Waals surface area (Å²) < 4.78 is 10.6. The summed E-state index contributed by atoms with van der Waals surface area (Å²) in [5.41, 5.74) is 0.180. The van der Waals surface area contributed by atoms with Crippen molar-refractivity contribution in [2.45, 2.75) is 6.92 Å². The number of rotatable bonds is 7. The SMILES string of the molecule is CCOc1cc(/C=C2/C(=O)NC(=O)N(c3ccc(Cl)c(Cl)c3)C2=O)ccc1OCC(=O)[O-]. The molecule has 9 nitrogen and oxygen atoms in total. The van der Waals surface area contributed by atoms with Crippen LogP contribution in [0.4, 0.5) is 10.5 Å². The maximum Gasteiger partial charge on any atom is 0.335 e. The number of imide groups is 2. The average Bonchev–Trinajstić information content (AvgIpc) is 2.73. The number of carboxylic acid groups (broad SMARTS) is 1. The Morgan fingerprint density at radius 3 is 2.47 bits per heavy atom. The molecule has 0 atom stereocenters. The Balaban J connectivity index is 1.97. The van der Waals surface area contributed by atoms with E-state index in [1.807, 2.05) is 0 Å². The predicted octanol–water partition coefficient (Wildman–Crippen LogP) is 2.19. The third-order valence-corrected chi connectivity index (χ3v) is 4.93. The van der Waals surface area contributed by atoms with E-state index < -0.39 is 30.4 Å². The van der Waals surface area contributed by atoms with Crippen molar-refractivity contribution < 1.29 is 33.8 Å². The van der Waals surface area contributed by atoms with Gasteiger partial charge < -0.3 is 19.4 Å². The molecular formula is C21H15Cl2N2O7-. The average molecular weight is 478 g/mol. The molecule has 11 heteroatoms. The number of hydrogen-bond donors (Lipinski definition) is 1. The van der Waals surface area contributed by atoms with Gasteiger partial charge in [0.25, 0.3) is 11.8 Å². The van der Waals surface area contributed by atoms with Crippen molar-refractivity contribution in [2.75, 3.05) is 18.1 Å². The number of barbiturate groups is 1. The lowest BCUT2D eigenvalue weighted by Gasteiger charge is -2.26. The molecule has 4 amide bonds. The number of carbonyl (C=O) groups excluding carboxylic acids is 4. The van der Waals surface area contributed by atoms with Crippen molar-refractivity contribution in [1.29, 1.82) is 0 Å². The number of benzene rings is 2. The van der Waals surface area contributed by atoms with Crippen LogP contribution in [-0.2, 0) is 14.4 Å². The first-order valence-corrected chi connectivity index (χ1v) is 9.93. The summed E-state index contributed by atoms with van der Waals surface area (Å²) in [6, 6.07) is 7.59. The van der Waals surface area contributed by atoms with Crippen LogP contribution in [0.25, 0.3) is 6.08 Å². The summed E-state index contributed by atoms with van der Waals surface area (Å²) in [5.74, 6) is -2.82. The van der Waals surface area contributed by atoms with E-state index in [4.69, 9.17) is 32.7 Å². The summed E-state index contributed by atoms with van der Waals surface area (Å²) in [5, 5.41) is 13.1. The zero-order chi connectivity index (χ0) is 23.4. The van der Waals surface area contributed by atoms with Crippen LogP contribution in [-0.4, -0.2) is 37.0 Å². The number of hydrogen-bond acceptors (Lipinski definition) is 7. The van der Waals surface area contributed by atoms with Gasteiger partial charge >= 0.3 is 6.03 Å². The Morgan fingerprint density at radius 1 is 1.06 bits per heavy atom. The lowest BCUT2D eigenvalue weighted by Crippen LogP contribution is -2.54. The van der Waals surface area contributed by atoms with E-state index in [9.17, 15) is 24.3 Å². The van der Waals surface area contributed by atoms with Crippen LogP contribution in [0.3, 0.4) is 0 Å². The van der Waals surface area contributed by atoms with Gasteiger partial charge in [0, 0.05) is 0 Å². The number of ether oxygens (including phenoxy) is 2. The fourth-order valence-corrected chi connectivity index (χ4v) is 3.11. The molecule has 1 heterocycles.